The van der Waals surface area contributed by atoms with Crippen LogP contribution >= 0.6 is 11.3 Å². The van der Waals surface area contributed by atoms with Gasteiger partial charge in [-0.1, -0.05) is 29.5 Å². The fourth-order valence-corrected chi connectivity index (χ4v) is 5.55. The number of methoxy groups -OCH3 is 1. The molecule has 0 spiro atoms. The number of hydrogen-bond donors (Lipinski definition) is 0. The summed E-state index contributed by atoms with van der Waals surface area (Å²) >= 11 is 1.50. The van der Waals surface area contributed by atoms with E-state index in [9.17, 15) is 9.59 Å². The molecule has 0 bridgehead atoms. The zero-order valence-electron chi connectivity index (χ0n) is 18.8. The SMILES string of the molecule is COc1ccc(C)cc1N1C[C@H](C(=O)N(C[C@@H]2CCCO2)c2nc3ccccc3s2)CC1=O. The number of nitrogens with zero attached hydrogens (tertiary/aromatic N) is 3. The van der Waals surface area contributed by atoms with E-state index in [1.165, 1.54) is 11.3 Å². The van der Waals surface area contributed by atoms with Crippen LogP contribution in [-0.4, -0.2) is 49.7 Å². The first kappa shape index (κ1) is 21.9. The predicted octanol–water partition coefficient (Wildman–Crippen LogP) is 4.18. The summed E-state index contributed by atoms with van der Waals surface area (Å²) < 4.78 is 12.4. The van der Waals surface area contributed by atoms with Gasteiger partial charge in [-0.25, -0.2) is 4.98 Å². The molecule has 8 heteroatoms. The summed E-state index contributed by atoms with van der Waals surface area (Å²) in [4.78, 5) is 34.9. The molecule has 0 saturated carbocycles. The molecule has 2 aliphatic rings. The van der Waals surface area contributed by atoms with Crippen LogP contribution < -0.4 is 14.5 Å². The minimum atomic E-state index is -0.448. The van der Waals surface area contributed by atoms with Gasteiger partial charge in [0.2, 0.25) is 11.8 Å². The second kappa shape index (κ2) is 9.11. The lowest BCUT2D eigenvalue weighted by Crippen LogP contribution is -2.42. The molecule has 0 radical (unpaired) electrons. The number of ether oxygens (including phenoxy) is 2. The van der Waals surface area contributed by atoms with Crippen molar-refractivity contribution in [3.63, 3.8) is 0 Å². The normalized spacial score (nSPS) is 20.5. The fraction of sp³-hybridized carbons (Fsp3) is 0.400. The maximum atomic E-state index is 13.8. The van der Waals surface area contributed by atoms with E-state index in [2.05, 4.69) is 0 Å². The van der Waals surface area contributed by atoms with Crippen LogP contribution in [0.15, 0.2) is 42.5 Å². The van der Waals surface area contributed by atoms with Gasteiger partial charge in [-0.15, -0.1) is 0 Å². The summed E-state index contributed by atoms with van der Waals surface area (Å²) in [5.41, 5.74) is 2.61. The highest BCUT2D eigenvalue weighted by Crippen LogP contribution is 2.36. The second-order valence-corrected chi connectivity index (χ2v) is 9.64. The molecule has 2 aromatic carbocycles. The van der Waals surface area contributed by atoms with Gasteiger partial charge in [0.15, 0.2) is 5.13 Å². The zero-order valence-corrected chi connectivity index (χ0v) is 19.6. The summed E-state index contributed by atoms with van der Waals surface area (Å²) in [6, 6.07) is 13.6. The van der Waals surface area contributed by atoms with E-state index in [0.29, 0.717) is 29.7 Å². The first-order valence-electron chi connectivity index (χ1n) is 11.3. The Balaban J connectivity index is 1.43. The molecule has 2 aliphatic heterocycles. The zero-order chi connectivity index (χ0) is 22.9. The molecule has 7 nitrogen and oxygen atoms in total. The Morgan fingerprint density at radius 3 is 2.91 bits per heavy atom. The Kier molecular flexibility index (Phi) is 6.03. The molecule has 2 fully saturated rings. The second-order valence-electron chi connectivity index (χ2n) is 8.63. The lowest BCUT2D eigenvalue weighted by molar-refractivity contribution is -0.124. The van der Waals surface area contributed by atoms with Crippen LogP contribution in [0.2, 0.25) is 0 Å². The van der Waals surface area contributed by atoms with Crippen molar-refractivity contribution in [2.75, 3.05) is 36.6 Å². The molecule has 0 unspecified atom stereocenters. The summed E-state index contributed by atoms with van der Waals surface area (Å²) in [5, 5.41) is 0.663. The number of aromatic nitrogens is 1. The quantitative estimate of drug-likeness (QED) is 0.546. The number of carbonyl (C=O) groups excluding carboxylic acids is 2. The highest BCUT2D eigenvalue weighted by atomic mass is 32.1. The molecule has 0 aliphatic carbocycles. The number of aryl methyl sites for hydroxylation is 1. The van der Waals surface area contributed by atoms with Crippen molar-refractivity contribution in [2.45, 2.75) is 32.3 Å². The van der Waals surface area contributed by atoms with Crippen molar-refractivity contribution in [1.82, 2.24) is 4.98 Å². The Hall–Kier alpha value is -2.97. The number of hydrogen-bond acceptors (Lipinski definition) is 6. The van der Waals surface area contributed by atoms with Crippen molar-refractivity contribution < 1.29 is 19.1 Å². The van der Waals surface area contributed by atoms with Gasteiger partial charge in [-0.2, -0.15) is 0 Å². The van der Waals surface area contributed by atoms with E-state index in [1.54, 1.807) is 16.9 Å². The highest BCUT2D eigenvalue weighted by molar-refractivity contribution is 7.22. The third-order valence-corrected chi connectivity index (χ3v) is 7.35. The van der Waals surface area contributed by atoms with E-state index < -0.39 is 5.92 Å². The van der Waals surface area contributed by atoms with E-state index in [-0.39, 0.29) is 24.3 Å². The predicted molar refractivity (Wildman–Crippen MR) is 129 cm³/mol. The van der Waals surface area contributed by atoms with Crippen LogP contribution in [0.4, 0.5) is 10.8 Å². The van der Waals surface area contributed by atoms with Gasteiger partial charge in [-0.3, -0.25) is 14.5 Å². The van der Waals surface area contributed by atoms with E-state index in [0.717, 1.165) is 35.2 Å². The van der Waals surface area contributed by atoms with Crippen LogP contribution in [0.3, 0.4) is 0 Å². The fourth-order valence-electron chi connectivity index (χ4n) is 4.57. The highest BCUT2D eigenvalue weighted by Gasteiger charge is 2.40. The molecule has 3 heterocycles. The molecule has 172 valence electrons. The monoisotopic (exact) mass is 465 g/mol. The van der Waals surface area contributed by atoms with E-state index >= 15 is 0 Å². The molecular weight excluding hydrogens is 438 g/mol. The number of para-hydroxylation sites is 1. The average molecular weight is 466 g/mol. The van der Waals surface area contributed by atoms with E-state index in [4.69, 9.17) is 14.5 Å². The molecule has 33 heavy (non-hydrogen) atoms. The van der Waals surface area contributed by atoms with Gasteiger partial charge in [-0.05, 0) is 49.6 Å². The van der Waals surface area contributed by atoms with Crippen LogP contribution in [0.25, 0.3) is 10.2 Å². The first-order valence-corrected chi connectivity index (χ1v) is 12.1. The smallest absolute Gasteiger partial charge is 0.234 e. The van der Waals surface area contributed by atoms with Crippen molar-refractivity contribution in [1.29, 1.82) is 0 Å². The summed E-state index contributed by atoms with van der Waals surface area (Å²) in [7, 11) is 1.59. The standard InChI is InChI=1S/C25H27N3O4S/c1-16-9-10-21(31-2)20(12-16)27-14-17(13-23(27)29)24(30)28(15-18-6-5-11-32-18)25-26-19-7-3-4-8-22(19)33-25/h3-4,7-10,12,17-18H,5-6,11,13-15H2,1-2H3/t17-,18+/m1/s1. The third kappa shape index (κ3) is 4.32. The molecule has 0 N–H and O–H groups in total. The lowest BCUT2D eigenvalue weighted by Gasteiger charge is -2.26. The summed E-state index contributed by atoms with van der Waals surface area (Å²) in [6.45, 7) is 3.47. The Labute approximate surface area is 196 Å². The minimum Gasteiger partial charge on any atom is -0.495 e. The molecule has 2 amide bonds. The molecule has 2 saturated heterocycles. The van der Waals surface area contributed by atoms with Crippen molar-refractivity contribution in [3.05, 3.63) is 48.0 Å². The Morgan fingerprint density at radius 1 is 1.30 bits per heavy atom. The summed E-state index contributed by atoms with van der Waals surface area (Å²) in [5.74, 6) is 0.0335. The number of fused-ring (bicyclic) bond motifs is 1. The number of thiazole rings is 1. The molecule has 5 rings (SSSR count). The molecular formula is C25H27N3O4S. The van der Waals surface area contributed by atoms with E-state index in [1.807, 2.05) is 49.4 Å². The van der Waals surface area contributed by atoms with Crippen LogP contribution in [0, 0.1) is 12.8 Å². The van der Waals surface area contributed by atoms with Gasteiger partial charge in [0.25, 0.3) is 0 Å². The molecule has 1 aromatic heterocycles. The Bertz CT molecular complexity index is 1150. The van der Waals surface area contributed by atoms with Gasteiger partial charge >= 0.3 is 0 Å². The molecule has 2 atom stereocenters. The number of anilines is 2. The number of carbonyl (C=O) groups is 2. The maximum absolute atomic E-state index is 13.8. The van der Waals surface area contributed by atoms with Gasteiger partial charge < -0.3 is 14.4 Å². The number of rotatable bonds is 6. The largest absolute Gasteiger partial charge is 0.495 e. The molecule has 3 aromatic rings. The minimum absolute atomic E-state index is 0.00830. The van der Waals surface area contributed by atoms with Gasteiger partial charge in [0.1, 0.15) is 5.75 Å². The van der Waals surface area contributed by atoms with Crippen molar-refractivity contribution >= 4 is 44.2 Å². The topological polar surface area (TPSA) is 72.0 Å². The lowest BCUT2D eigenvalue weighted by atomic mass is 10.1. The summed E-state index contributed by atoms with van der Waals surface area (Å²) in [6.07, 6.45) is 2.08. The third-order valence-electron chi connectivity index (χ3n) is 6.29. The first-order chi connectivity index (χ1) is 16.0. The van der Waals surface area contributed by atoms with Crippen LogP contribution in [-0.2, 0) is 14.3 Å². The van der Waals surface area contributed by atoms with Crippen LogP contribution in [0.1, 0.15) is 24.8 Å². The van der Waals surface area contributed by atoms with Crippen molar-refractivity contribution in [2.24, 2.45) is 5.92 Å². The number of benzene rings is 2. The van der Waals surface area contributed by atoms with Gasteiger partial charge in [0, 0.05) is 19.6 Å². The van der Waals surface area contributed by atoms with Crippen molar-refractivity contribution in [3.8, 4) is 5.75 Å². The maximum Gasteiger partial charge on any atom is 0.234 e. The Morgan fingerprint density at radius 2 is 2.15 bits per heavy atom. The van der Waals surface area contributed by atoms with Gasteiger partial charge in [0.05, 0.1) is 41.6 Å². The van der Waals surface area contributed by atoms with Crippen LogP contribution in [0.5, 0.6) is 5.75 Å². The number of amides is 2. The average Bonchev–Trinajstić information content (AvgIpc) is 3.56.